The molecule has 3 heterocycles. The van der Waals surface area contributed by atoms with Gasteiger partial charge >= 0.3 is 0 Å². The van der Waals surface area contributed by atoms with E-state index in [4.69, 9.17) is 5.48 Å². The molecule has 7 nitrogen and oxygen atoms in total. The molecule has 1 aromatic rings. The average molecular weight is 391 g/mol. The van der Waals surface area contributed by atoms with Crippen LogP contribution in [0.25, 0.3) is 0 Å². The maximum atomic E-state index is 15.1. The molecule has 3 aliphatic heterocycles. The van der Waals surface area contributed by atoms with Crippen molar-refractivity contribution in [2.24, 2.45) is 0 Å². The van der Waals surface area contributed by atoms with Crippen LogP contribution in [0.15, 0.2) is 12.1 Å². The van der Waals surface area contributed by atoms with Gasteiger partial charge in [0.2, 0.25) is 11.8 Å². The van der Waals surface area contributed by atoms with Crippen LogP contribution in [0.5, 0.6) is 0 Å². The molecule has 8 heteroatoms. The number of carbonyl (C=O) groups excluding carboxylic acids is 4. The molecule has 0 saturated carbocycles. The van der Waals surface area contributed by atoms with E-state index in [1.54, 1.807) is 20.8 Å². The summed E-state index contributed by atoms with van der Waals surface area (Å²) in [4.78, 5) is 51.1. The third-order valence-electron chi connectivity index (χ3n) is 5.06. The van der Waals surface area contributed by atoms with E-state index in [1.165, 1.54) is 0 Å². The number of rotatable bonds is 2. The van der Waals surface area contributed by atoms with Crippen molar-refractivity contribution in [2.45, 2.75) is 51.1 Å². The fourth-order valence-electron chi connectivity index (χ4n) is 3.51. The predicted molar refractivity (Wildman–Crippen MR) is 97.1 cm³/mol. The maximum absolute atomic E-state index is 15.1. The highest BCUT2D eigenvalue weighted by Gasteiger charge is 2.46. The lowest BCUT2D eigenvalue weighted by Crippen LogP contribution is -2.54. The first-order chi connectivity index (χ1) is 14.6. The highest BCUT2D eigenvalue weighted by atomic mass is 19.1. The summed E-state index contributed by atoms with van der Waals surface area (Å²) < 4.78 is 48.7. The number of halogens is 1. The second-order valence-electron chi connectivity index (χ2n) is 8.06. The molecule has 28 heavy (non-hydrogen) atoms. The molecule has 2 fully saturated rings. The minimum Gasteiger partial charge on any atom is -0.297 e. The number of hydrogen-bond donors (Lipinski definition) is 1. The molecule has 0 aromatic heterocycles. The van der Waals surface area contributed by atoms with Crippen molar-refractivity contribution in [3.05, 3.63) is 34.6 Å². The molecular weight excluding hydrogens is 365 g/mol. The zero-order valence-electron chi connectivity index (χ0n) is 19.6. The molecule has 1 unspecified atom stereocenters. The van der Waals surface area contributed by atoms with Crippen LogP contribution in [0.3, 0.4) is 0 Å². The number of benzene rings is 1. The number of nitrogens with zero attached hydrogens (tertiary/aromatic N) is 2. The van der Waals surface area contributed by atoms with Crippen LogP contribution < -0.4 is 5.32 Å². The van der Waals surface area contributed by atoms with Crippen LogP contribution in [0, 0.1) is 5.82 Å². The molecule has 3 aliphatic rings. The van der Waals surface area contributed by atoms with Crippen LogP contribution in [0.2, 0.25) is 0 Å². The van der Waals surface area contributed by atoms with Crippen LogP contribution in [-0.4, -0.2) is 58.0 Å². The van der Waals surface area contributed by atoms with Gasteiger partial charge < -0.3 is 0 Å². The predicted octanol–water partition coefficient (Wildman–Crippen LogP) is 1.42. The highest BCUT2D eigenvalue weighted by molar-refractivity contribution is 6.23. The quantitative estimate of drug-likeness (QED) is 0.771. The summed E-state index contributed by atoms with van der Waals surface area (Å²) in [6.07, 6.45) is -0.117. The second-order valence-corrected chi connectivity index (χ2v) is 8.06. The molecule has 1 aromatic carbocycles. The Bertz CT molecular complexity index is 1070. The maximum Gasteiger partial charge on any atom is 0.262 e. The van der Waals surface area contributed by atoms with Crippen LogP contribution >= 0.6 is 0 Å². The molecular formula is C20H22FN3O4. The third kappa shape index (κ3) is 2.83. The number of hydrogen-bond acceptors (Lipinski definition) is 5. The molecule has 1 N–H and O–H groups in total. The van der Waals surface area contributed by atoms with Crippen LogP contribution in [0.1, 0.15) is 71.3 Å². The Hall–Kier alpha value is -2.61. The smallest absolute Gasteiger partial charge is 0.262 e. The number of carbonyl (C=O) groups is 4. The molecule has 4 amide bonds. The standard InChI is InChI=1S/C20H22FN3O4/c1-20(2,3)23-8-10(9-23)11-6-12-13(7-14(11)21)19(28)24(18(12)27)15-4-5-16(25)22-17(15)26/h6-7,10,15H,4-5,8-9H2,1-3H3,(H,22,25,26)/i8D2,9D2. The largest absolute Gasteiger partial charge is 0.297 e. The highest BCUT2D eigenvalue weighted by Crippen LogP contribution is 2.37. The molecule has 0 spiro atoms. The van der Waals surface area contributed by atoms with E-state index >= 15 is 4.39 Å². The minimum absolute atomic E-state index is 0.0558. The molecule has 148 valence electrons. The summed E-state index contributed by atoms with van der Waals surface area (Å²) in [5, 5.41) is 2.07. The van der Waals surface area contributed by atoms with Gasteiger partial charge in [0.15, 0.2) is 0 Å². The van der Waals surface area contributed by atoms with E-state index < -0.39 is 59.9 Å². The normalized spacial score (nSPS) is 29.4. The first kappa shape index (κ1) is 14.4. The van der Waals surface area contributed by atoms with E-state index in [0.717, 1.165) is 17.0 Å². The number of piperidine rings is 1. The van der Waals surface area contributed by atoms with Gasteiger partial charge in [0.25, 0.3) is 11.8 Å². The Morgan fingerprint density at radius 1 is 1.11 bits per heavy atom. The fraction of sp³-hybridized carbons (Fsp3) is 0.500. The second kappa shape index (κ2) is 6.20. The van der Waals surface area contributed by atoms with Crippen molar-refractivity contribution in [3.63, 3.8) is 0 Å². The van der Waals surface area contributed by atoms with Crippen molar-refractivity contribution in [3.8, 4) is 0 Å². The number of nitrogens with one attached hydrogen (secondary N) is 1. The fourth-order valence-corrected chi connectivity index (χ4v) is 3.51. The Morgan fingerprint density at radius 2 is 1.71 bits per heavy atom. The molecule has 0 aliphatic carbocycles. The lowest BCUT2D eigenvalue weighted by molar-refractivity contribution is -0.136. The first-order valence-corrected chi connectivity index (χ1v) is 8.95. The van der Waals surface area contributed by atoms with E-state index in [9.17, 15) is 19.2 Å². The molecule has 0 bridgehead atoms. The lowest BCUT2D eigenvalue weighted by atomic mass is 9.85. The Balaban J connectivity index is 1.74. The molecule has 0 radical (unpaired) electrons. The molecule has 4 rings (SSSR count). The van der Waals surface area contributed by atoms with Gasteiger partial charge in [-0.1, -0.05) is 0 Å². The van der Waals surface area contributed by atoms with Crippen LogP contribution in [-0.2, 0) is 9.59 Å². The van der Waals surface area contributed by atoms with E-state index in [-0.39, 0.29) is 29.5 Å². The molecule has 1 atom stereocenters. The zero-order chi connectivity index (χ0) is 24.0. The van der Waals surface area contributed by atoms with Gasteiger partial charge in [0, 0.05) is 36.4 Å². The zero-order valence-corrected chi connectivity index (χ0v) is 15.6. The van der Waals surface area contributed by atoms with Gasteiger partial charge in [-0.3, -0.25) is 34.3 Å². The van der Waals surface area contributed by atoms with Gasteiger partial charge in [-0.2, -0.15) is 0 Å². The van der Waals surface area contributed by atoms with E-state index in [0.29, 0.717) is 4.90 Å². The van der Waals surface area contributed by atoms with Gasteiger partial charge in [-0.15, -0.1) is 0 Å². The number of imide groups is 2. The van der Waals surface area contributed by atoms with E-state index in [1.807, 2.05) is 0 Å². The topological polar surface area (TPSA) is 86.8 Å². The SMILES string of the molecule is [2H]C1([2H])C(c2cc3c(cc2F)C(=O)N(C2CCC(=O)NC2=O)C3=O)C([2H])([2H])N1C(C)(C)C. The van der Waals surface area contributed by atoms with Gasteiger partial charge in [-0.25, -0.2) is 4.39 Å². The van der Waals surface area contributed by atoms with Gasteiger partial charge in [-0.05, 0) is 44.9 Å². The Morgan fingerprint density at radius 3 is 2.29 bits per heavy atom. The van der Waals surface area contributed by atoms with Gasteiger partial charge in [0.1, 0.15) is 11.9 Å². The van der Waals surface area contributed by atoms with Crippen LogP contribution in [0.4, 0.5) is 4.39 Å². The summed E-state index contributed by atoms with van der Waals surface area (Å²) in [6.45, 7) is 0.394. The number of amides is 4. The monoisotopic (exact) mass is 391 g/mol. The third-order valence-corrected chi connectivity index (χ3v) is 5.06. The lowest BCUT2D eigenvalue weighted by Gasteiger charge is -2.48. The average Bonchev–Trinajstić information content (AvgIpc) is 2.83. The van der Waals surface area contributed by atoms with Crippen molar-refractivity contribution in [1.29, 1.82) is 0 Å². The first-order valence-electron chi connectivity index (χ1n) is 11.0. The molecule has 2 saturated heterocycles. The summed E-state index contributed by atoms with van der Waals surface area (Å²) in [5.74, 6) is -5.64. The number of likely N-dealkylation sites (tertiary alicyclic amines) is 1. The Kier molecular flexibility index (Phi) is 3.19. The summed E-state index contributed by atoms with van der Waals surface area (Å²) >= 11 is 0. The van der Waals surface area contributed by atoms with Crippen molar-refractivity contribution in [2.75, 3.05) is 13.0 Å². The van der Waals surface area contributed by atoms with E-state index in [2.05, 4.69) is 5.32 Å². The number of fused-ring (bicyclic) bond motifs is 1. The summed E-state index contributed by atoms with van der Waals surface area (Å²) in [5.41, 5.74) is -1.76. The van der Waals surface area contributed by atoms with Crippen molar-refractivity contribution in [1.82, 2.24) is 15.1 Å². The van der Waals surface area contributed by atoms with Gasteiger partial charge in [0.05, 0.1) is 11.1 Å². The minimum atomic E-state index is -2.26. The Labute approximate surface area is 167 Å². The summed E-state index contributed by atoms with van der Waals surface area (Å²) in [7, 11) is 0. The van der Waals surface area contributed by atoms with Crippen molar-refractivity contribution < 1.29 is 29.1 Å². The van der Waals surface area contributed by atoms with Crippen molar-refractivity contribution >= 4 is 23.6 Å². The summed E-state index contributed by atoms with van der Waals surface area (Å²) in [6, 6.07) is 0.587.